The summed E-state index contributed by atoms with van der Waals surface area (Å²) in [6.45, 7) is 4.08. The van der Waals surface area contributed by atoms with E-state index in [0.29, 0.717) is 28.4 Å². The molecule has 0 radical (unpaired) electrons. The van der Waals surface area contributed by atoms with E-state index in [-0.39, 0.29) is 12.1 Å². The Morgan fingerprint density at radius 3 is 2.47 bits per heavy atom. The first-order valence-corrected chi connectivity index (χ1v) is 10.8. The van der Waals surface area contributed by atoms with E-state index < -0.39 is 5.69 Å². The molecule has 0 atom stereocenters. The normalized spacial score (nSPS) is 11.4. The molecule has 0 aliphatic carbocycles. The van der Waals surface area contributed by atoms with Crippen molar-refractivity contribution in [2.75, 3.05) is 14.2 Å². The van der Waals surface area contributed by atoms with Crippen LogP contribution in [-0.4, -0.2) is 37.3 Å². The Kier molecular flexibility index (Phi) is 5.04. The molecule has 0 saturated heterocycles. The molecule has 0 amide bonds. The molecule has 0 aliphatic heterocycles. The quantitative estimate of drug-likeness (QED) is 0.404. The third-order valence-electron chi connectivity index (χ3n) is 6.24. The molecule has 0 N–H and O–H groups in total. The monoisotopic (exact) mass is 459 g/mol. The van der Waals surface area contributed by atoms with Crippen LogP contribution in [0.25, 0.3) is 22.6 Å². The van der Waals surface area contributed by atoms with E-state index in [2.05, 4.69) is 0 Å². The summed E-state index contributed by atoms with van der Waals surface area (Å²) in [6.07, 6.45) is 1.85. The lowest BCUT2D eigenvalue weighted by molar-refractivity contribution is 0.393. The second kappa shape index (κ2) is 7.95. The van der Waals surface area contributed by atoms with Crippen molar-refractivity contribution in [1.29, 1.82) is 0 Å². The van der Waals surface area contributed by atoms with Crippen molar-refractivity contribution in [3.63, 3.8) is 0 Å². The maximum Gasteiger partial charge on any atom is 0.332 e. The molecule has 0 bridgehead atoms. The number of ether oxygens (including phenoxy) is 2. The Hall–Kier alpha value is -4.27. The van der Waals surface area contributed by atoms with Crippen LogP contribution in [0.2, 0.25) is 0 Å². The predicted molar refractivity (Wildman–Crippen MR) is 130 cm³/mol. The molecule has 2 aromatic carbocycles. The number of hydrogen-bond donors (Lipinski definition) is 0. The van der Waals surface area contributed by atoms with Gasteiger partial charge < -0.3 is 9.47 Å². The van der Waals surface area contributed by atoms with E-state index in [4.69, 9.17) is 14.5 Å². The summed E-state index contributed by atoms with van der Waals surface area (Å²) in [6, 6.07) is 13.2. The second-order valence-electron chi connectivity index (χ2n) is 8.26. The van der Waals surface area contributed by atoms with Crippen molar-refractivity contribution >= 4 is 16.9 Å². The molecule has 9 heteroatoms. The van der Waals surface area contributed by atoms with Gasteiger partial charge in [0, 0.05) is 25.0 Å². The van der Waals surface area contributed by atoms with Crippen molar-refractivity contribution in [1.82, 2.24) is 23.1 Å². The third-order valence-corrected chi connectivity index (χ3v) is 6.24. The molecule has 3 heterocycles. The largest absolute Gasteiger partial charge is 0.497 e. The Bertz CT molecular complexity index is 1690. The van der Waals surface area contributed by atoms with Crippen molar-refractivity contribution < 1.29 is 9.47 Å². The Morgan fingerprint density at radius 2 is 1.76 bits per heavy atom. The van der Waals surface area contributed by atoms with Gasteiger partial charge in [0.25, 0.3) is 5.56 Å². The van der Waals surface area contributed by atoms with Gasteiger partial charge in [0.2, 0.25) is 5.78 Å². The average molecular weight is 460 g/mol. The summed E-state index contributed by atoms with van der Waals surface area (Å²) >= 11 is 0. The first-order chi connectivity index (χ1) is 16.3. The fourth-order valence-corrected chi connectivity index (χ4v) is 4.38. The Balaban J connectivity index is 1.79. The molecule has 174 valence electrons. The fourth-order valence-electron chi connectivity index (χ4n) is 4.38. The van der Waals surface area contributed by atoms with Crippen molar-refractivity contribution in [3.8, 4) is 17.2 Å². The van der Waals surface area contributed by atoms with Gasteiger partial charge in [-0.1, -0.05) is 24.3 Å². The van der Waals surface area contributed by atoms with Crippen LogP contribution >= 0.6 is 0 Å². The fraction of sp³-hybridized carbons (Fsp3) is 0.240. The summed E-state index contributed by atoms with van der Waals surface area (Å²) in [7, 11) is 4.82. The standard InChI is InChI=1S/C25H25N5O4/c1-15-8-6-7-9-17(15)14-29-23(31)21-22(27(3)25(29)32)26-24-28(21)13-16(2)30(24)19-11-10-18(33-4)12-20(19)34-5/h6-13H,14H2,1-5H3. The number of aryl methyl sites for hydroxylation is 3. The Labute approximate surface area is 195 Å². The van der Waals surface area contributed by atoms with Crippen LogP contribution in [0.3, 0.4) is 0 Å². The molecule has 5 rings (SSSR count). The first-order valence-electron chi connectivity index (χ1n) is 10.8. The smallest absolute Gasteiger partial charge is 0.332 e. The summed E-state index contributed by atoms with van der Waals surface area (Å²) in [5, 5.41) is 0. The van der Waals surface area contributed by atoms with E-state index in [0.717, 1.165) is 22.5 Å². The molecular formula is C25H25N5O4. The minimum Gasteiger partial charge on any atom is -0.497 e. The van der Waals surface area contributed by atoms with Crippen LogP contribution in [0, 0.1) is 13.8 Å². The van der Waals surface area contributed by atoms with Gasteiger partial charge in [-0.3, -0.25) is 22.9 Å². The predicted octanol–water partition coefficient (Wildman–Crippen LogP) is 2.82. The van der Waals surface area contributed by atoms with Gasteiger partial charge in [0.05, 0.1) is 26.5 Å². The summed E-state index contributed by atoms with van der Waals surface area (Å²) < 4.78 is 17.2. The maximum absolute atomic E-state index is 13.6. The lowest BCUT2D eigenvalue weighted by atomic mass is 10.1. The highest BCUT2D eigenvalue weighted by molar-refractivity contribution is 5.77. The van der Waals surface area contributed by atoms with Crippen LogP contribution in [0.15, 0.2) is 58.3 Å². The highest BCUT2D eigenvalue weighted by Gasteiger charge is 2.22. The van der Waals surface area contributed by atoms with E-state index in [1.807, 2.05) is 61.0 Å². The molecule has 0 fully saturated rings. The molecule has 0 aliphatic rings. The molecule has 0 spiro atoms. The number of hydrogen-bond acceptors (Lipinski definition) is 5. The molecule has 5 aromatic rings. The van der Waals surface area contributed by atoms with Gasteiger partial charge in [-0.15, -0.1) is 0 Å². The number of nitrogens with zero attached hydrogens (tertiary/aromatic N) is 5. The molecule has 3 aromatic heterocycles. The Morgan fingerprint density at radius 1 is 1.00 bits per heavy atom. The highest BCUT2D eigenvalue weighted by atomic mass is 16.5. The highest BCUT2D eigenvalue weighted by Crippen LogP contribution is 2.31. The summed E-state index contributed by atoms with van der Waals surface area (Å²) in [4.78, 5) is 31.4. The van der Waals surface area contributed by atoms with Gasteiger partial charge in [0.15, 0.2) is 11.2 Å². The van der Waals surface area contributed by atoms with Gasteiger partial charge in [-0.05, 0) is 37.1 Å². The minimum absolute atomic E-state index is 0.188. The zero-order valence-corrected chi connectivity index (χ0v) is 19.7. The lowest BCUT2D eigenvalue weighted by Gasteiger charge is -2.12. The average Bonchev–Trinajstić information content (AvgIpc) is 3.35. The van der Waals surface area contributed by atoms with E-state index in [1.165, 1.54) is 9.13 Å². The van der Waals surface area contributed by atoms with Crippen molar-refractivity contribution in [2.45, 2.75) is 20.4 Å². The van der Waals surface area contributed by atoms with Gasteiger partial charge in [-0.2, -0.15) is 4.98 Å². The van der Waals surface area contributed by atoms with Crippen molar-refractivity contribution in [3.05, 3.63) is 86.3 Å². The lowest BCUT2D eigenvalue weighted by Crippen LogP contribution is -2.39. The van der Waals surface area contributed by atoms with E-state index >= 15 is 0 Å². The maximum atomic E-state index is 13.6. The number of fused-ring (bicyclic) bond motifs is 3. The van der Waals surface area contributed by atoms with Gasteiger partial charge in [0.1, 0.15) is 11.5 Å². The molecule has 0 saturated carbocycles. The summed E-state index contributed by atoms with van der Waals surface area (Å²) in [5.74, 6) is 1.77. The van der Waals surface area contributed by atoms with Gasteiger partial charge >= 0.3 is 5.69 Å². The topological polar surface area (TPSA) is 84.7 Å². The number of rotatable bonds is 5. The SMILES string of the molecule is COc1ccc(-n2c(C)cn3c4c(=O)n(Cc5ccccc5C)c(=O)n(C)c4nc23)c(OC)c1. The second-order valence-corrected chi connectivity index (χ2v) is 8.26. The van der Waals surface area contributed by atoms with Crippen LogP contribution in [-0.2, 0) is 13.6 Å². The number of benzene rings is 2. The minimum atomic E-state index is -0.410. The van der Waals surface area contributed by atoms with Gasteiger partial charge in [-0.25, -0.2) is 4.79 Å². The number of methoxy groups -OCH3 is 2. The summed E-state index contributed by atoms with van der Waals surface area (Å²) in [5.41, 5.74) is 3.41. The van der Waals surface area contributed by atoms with E-state index in [9.17, 15) is 9.59 Å². The van der Waals surface area contributed by atoms with Crippen LogP contribution in [0.5, 0.6) is 11.5 Å². The van der Waals surface area contributed by atoms with Crippen LogP contribution in [0.1, 0.15) is 16.8 Å². The number of aromatic nitrogens is 5. The molecule has 34 heavy (non-hydrogen) atoms. The van der Waals surface area contributed by atoms with Crippen LogP contribution in [0.4, 0.5) is 0 Å². The zero-order chi connectivity index (χ0) is 24.1. The van der Waals surface area contributed by atoms with E-state index in [1.54, 1.807) is 31.7 Å². The molecular weight excluding hydrogens is 434 g/mol. The third kappa shape index (κ3) is 3.12. The molecule has 9 nitrogen and oxygen atoms in total. The number of imidazole rings is 2. The zero-order valence-electron chi connectivity index (χ0n) is 19.7. The van der Waals surface area contributed by atoms with Crippen LogP contribution < -0.4 is 20.7 Å². The van der Waals surface area contributed by atoms with Crippen molar-refractivity contribution in [2.24, 2.45) is 7.05 Å². The first kappa shape index (κ1) is 21.6. The molecule has 0 unspecified atom stereocenters.